The molecule has 0 saturated carbocycles. The van der Waals surface area contributed by atoms with Gasteiger partial charge in [0.15, 0.2) is 5.82 Å². The number of alkyl halides is 3. The Kier molecular flexibility index (Phi) is 4.76. The van der Waals surface area contributed by atoms with Gasteiger partial charge in [-0.1, -0.05) is 5.16 Å². The summed E-state index contributed by atoms with van der Waals surface area (Å²) in [5.74, 6) is 0.990. The smallest absolute Gasteiger partial charge is 0.377 e. The van der Waals surface area contributed by atoms with Crippen LogP contribution in [0.25, 0.3) is 0 Å². The lowest BCUT2D eigenvalue weighted by Gasteiger charge is -2.13. The predicted molar refractivity (Wildman–Crippen MR) is 74.7 cm³/mol. The molecule has 3 rings (SSSR count). The molecule has 0 aromatic carbocycles. The Balaban J connectivity index is 1.62. The first-order valence-electron chi connectivity index (χ1n) is 7.38. The van der Waals surface area contributed by atoms with Crippen molar-refractivity contribution in [2.24, 2.45) is 0 Å². The highest BCUT2D eigenvalue weighted by atomic mass is 19.4. The van der Waals surface area contributed by atoms with Crippen molar-refractivity contribution in [3.05, 3.63) is 35.5 Å². The molecule has 0 radical (unpaired) electrons. The van der Waals surface area contributed by atoms with Gasteiger partial charge in [0, 0.05) is 25.8 Å². The fourth-order valence-electron chi connectivity index (χ4n) is 2.65. The van der Waals surface area contributed by atoms with E-state index in [1.54, 1.807) is 0 Å². The number of hydrogen-bond donors (Lipinski definition) is 0. The van der Waals surface area contributed by atoms with Crippen molar-refractivity contribution < 1.29 is 22.4 Å². The molecule has 1 atom stereocenters. The molecule has 130 valence electrons. The van der Waals surface area contributed by atoms with Gasteiger partial charge in [0.2, 0.25) is 5.89 Å². The van der Waals surface area contributed by atoms with Gasteiger partial charge in [0.1, 0.15) is 18.1 Å². The van der Waals surface area contributed by atoms with E-state index in [4.69, 9.17) is 9.26 Å². The van der Waals surface area contributed by atoms with Gasteiger partial charge in [-0.05, 0) is 19.0 Å². The third-order valence-electron chi connectivity index (χ3n) is 3.74. The number of rotatable bonds is 5. The second-order valence-electron chi connectivity index (χ2n) is 5.56. The van der Waals surface area contributed by atoms with E-state index in [0.717, 1.165) is 12.3 Å². The molecule has 0 aliphatic carbocycles. The quantitative estimate of drug-likeness (QED) is 0.822. The van der Waals surface area contributed by atoms with Crippen LogP contribution in [0, 0.1) is 0 Å². The van der Waals surface area contributed by atoms with E-state index in [1.165, 1.54) is 7.11 Å². The molecule has 10 heteroatoms. The van der Waals surface area contributed by atoms with Gasteiger partial charge in [-0.25, -0.2) is 9.97 Å². The number of ether oxygens (including phenoxy) is 1. The Bertz CT molecular complexity index is 691. The fraction of sp³-hybridized carbons (Fsp3) is 0.571. The van der Waals surface area contributed by atoms with Crippen molar-refractivity contribution in [1.82, 2.24) is 25.0 Å². The topological polar surface area (TPSA) is 77.2 Å². The van der Waals surface area contributed by atoms with Crippen molar-refractivity contribution in [2.45, 2.75) is 31.7 Å². The molecule has 1 saturated heterocycles. The summed E-state index contributed by atoms with van der Waals surface area (Å²) in [6, 6.07) is 0.881. The molecule has 0 N–H and O–H groups in total. The summed E-state index contributed by atoms with van der Waals surface area (Å²) in [7, 11) is 1.54. The Labute approximate surface area is 135 Å². The largest absolute Gasteiger partial charge is 0.433 e. The third kappa shape index (κ3) is 3.88. The highest BCUT2D eigenvalue weighted by molar-refractivity contribution is 5.10. The van der Waals surface area contributed by atoms with Crippen molar-refractivity contribution >= 4 is 0 Å². The Morgan fingerprint density at radius 3 is 2.96 bits per heavy atom. The molecule has 0 bridgehead atoms. The molecule has 2 aromatic heterocycles. The van der Waals surface area contributed by atoms with E-state index in [2.05, 4.69) is 20.1 Å². The summed E-state index contributed by atoms with van der Waals surface area (Å²) in [6.07, 6.45) is -2.62. The number of methoxy groups -OCH3 is 1. The van der Waals surface area contributed by atoms with E-state index in [1.807, 2.05) is 4.90 Å². The van der Waals surface area contributed by atoms with E-state index < -0.39 is 11.9 Å². The molecular formula is C14H16F3N5O2. The second-order valence-corrected chi connectivity index (χ2v) is 5.56. The predicted octanol–water partition coefficient (Wildman–Crippen LogP) is 2.01. The van der Waals surface area contributed by atoms with Crippen LogP contribution in [0.3, 0.4) is 0 Å². The van der Waals surface area contributed by atoms with Gasteiger partial charge in [0.05, 0.1) is 6.54 Å². The van der Waals surface area contributed by atoms with Gasteiger partial charge in [-0.3, -0.25) is 4.90 Å². The first kappa shape index (κ1) is 16.8. The first-order chi connectivity index (χ1) is 11.5. The lowest BCUT2D eigenvalue weighted by atomic mass is 10.1. The zero-order valence-electron chi connectivity index (χ0n) is 13.0. The highest BCUT2D eigenvalue weighted by Gasteiger charge is 2.34. The normalized spacial score (nSPS) is 19.1. The van der Waals surface area contributed by atoms with Crippen LogP contribution >= 0.6 is 0 Å². The molecule has 24 heavy (non-hydrogen) atoms. The van der Waals surface area contributed by atoms with Crippen LogP contribution in [-0.2, 0) is 24.1 Å². The summed E-state index contributed by atoms with van der Waals surface area (Å²) in [5, 5.41) is 3.78. The highest BCUT2D eigenvalue weighted by Crippen LogP contribution is 2.30. The average molecular weight is 343 g/mol. The maximum atomic E-state index is 12.7. The first-order valence-corrected chi connectivity index (χ1v) is 7.38. The standard InChI is InChI=1S/C14H16F3N5O2/c1-23-8-11-20-12(24-21-11)7-22-5-3-9(6-22)13-18-4-2-10(19-13)14(15,16)17/h2,4,9H,3,5-8H2,1H3. The van der Waals surface area contributed by atoms with Crippen molar-refractivity contribution in [1.29, 1.82) is 0 Å². The summed E-state index contributed by atoms with van der Waals surface area (Å²) < 4.78 is 48.3. The van der Waals surface area contributed by atoms with Gasteiger partial charge >= 0.3 is 6.18 Å². The van der Waals surface area contributed by atoms with E-state index in [9.17, 15) is 13.2 Å². The zero-order valence-corrected chi connectivity index (χ0v) is 13.0. The summed E-state index contributed by atoms with van der Waals surface area (Å²) in [6.45, 7) is 1.95. The lowest BCUT2D eigenvalue weighted by molar-refractivity contribution is -0.141. The van der Waals surface area contributed by atoms with Crippen LogP contribution < -0.4 is 0 Å². The van der Waals surface area contributed by atoms with E-state index >= 15 is 0 Å². The average Bonchev–Trinajstić information content (AvgIpc) is 3.17. The lowest BCUT2D eigenvalue weighted by Crippen LogP contribution is -2.21. The number of aromatic nitrogens is 4. The van der Waals surface area contributed by atoms with Gasteiger partial charge in [0.25, 0.3) is 0 Å². The van der Waals surface area contributed by atoms with Gasteiger partial charge in [-0.2, -0.15) is 18.2 Å². The van der Waals surface area contributed by atoms with Gasteiger partial charge < -0.3 is 9.26 Å². The molecule has 3 heterocycles. The van der Waals surface area contributed by atoms with E-state index in [-0.39, 0.29) is 18.3 Å². The molecule has 7 nitrogen and oxygen atoms in total. The number of halogens is 3. The van der Waals surface area contributed by atoms with Crippen molar-refractivity contribution in [2.75, 3.05) is 20.2 Å². The molecule has 0 spiro atoms. The van der Waals surface area contributed by atoms with E-state index in [0.29, 0.717) is 37.8 Å². The molecule has 1 aliphatic heterocycles. The monoisotopic (exact) mass is 343 g/mol. The maximum Gasteiger partial charge on any atom is 0.433 e. The summed E-state index contributed by atoms with van der Waals surface area (Å²) >= 11 is 0. The van der Waals surface area contributed by atoms with Crippen LogP contribution in [-0.4, -0.2) is 45.2 Å². The Morgan fingerprint density at radius 2 is 2.21 bits per heavy atom. The zero-order chi connectivity index (χ0) is 17.2. The molecule has 2 aromatic rings. The molecular weight excluding hydrogens is 327 g/mol. The molecule has 0 amide bonds. The third-order valence-corrected chi connectivity index (χ3v) is 3.74. The minimum Gasteiger partial charge on any atom is -0.377 e. The summed E-state index contributed by atoms with van der Waals surface area (Å²) in [4.78, 5) is 13.9. The second kappa shape index (κ2) is 6.81. The number of nitrogens with zero attached hydrogens (tertiary/aromatic N) is 5. The minimum atomic E-state index is -4.46. The molecule has 1 fully saturated rings. The molecule has 1 unspecified atom stereocenters. The van der Waals surface area contributed by atoms with Crippen LogP contribution in [0.1, 0.15) is 35.6 Å². The minimum absolute atomic E-state index is 0.145. The summed E-state index contributed by atoms with van der Waals surface area (Å²) in [5.41, 5.74) is -0.910. The van der Waals surface area contributed by atoms with Crippen molar-refractivity contribution in [3.63, 3.8) is 0 Å². The Morgan fingerprint density at radius 1 is 1.38 bits per heavy atom. The van der Waals surface area contributed by atoms with Crippen LogP contribution in [0.5, 0.6) is 0 Å². The van der Waals surface area contributed by atoms with Crippen molar-refractivity contribution in [3.8, 4) is 0 Å². The number of likely N-dealkylation sites (tertiary alicyclic amines) is 1. The SMILES string of the molecule is COCc1noc(CN2CCC(c3nccc(C(F)(F)F)n3)C2)n1. The molecule has 1 aliphatic rings. The fourth-order valence-corrected chi connectivity index (χ4v) is 2.65. The van der Waals surface area contributed by atoms with Crippen LogP contribution in [0.4, 0.5) is 13.2 Å². The van der Waals surface area contributed by atoms with Crippen LogP contribution in [0.2, 0.25) is 0 Å². The van der Waals surface area contributed by atoms with Gasteiger partial charge in [-0.15, -0.1) is 0 Å². The van der Waals surface area contributed by atoms with Crippen LogP contribution in [0.15, 0.2) is 16.8 Å². The number of hydrogen-bond acceptors (Lipinski definition) is 7. The maximum absolute atomic E-state index is 12.7. The Hall–Kier alpha value is -2.07.